The van der Waals surface area contributed by atoms with E-state index >= 15 is 0 Å². The van der Waals surface area contributed by atoms with Crippen molar-refractivity contribution in [3.05, 3.63) is 53.4 Å². The lowest BCUT2D eigenvalue weighted by molar-refractivity contribution is 0.307. The summed E-state index contributed by atoms with van der Waals surface area (Å²) in [7, 11) is 1.64. The topological polar surface area (TPSA) is 38.7 Å². The third kappa shape index (κ3) is 2.56. The first-order valence-corrected chi connectivity index (χ1v) is 7.10. The molecule has 0 radical (unpaired) electrons. The van der Waals surface area contributed by atoms with Crippen LogP contribution in [0.3, 0.4) is 0 Å². The van der Waals surface area contributed by atoms with E-state index in [4.69, 9.17) is 9.47 Å². The quantitative estimate of drug-likeness (QED) is 0.781. The first-order valence-electron chi connectivity index (χ1n) is 6.22. The highest BCUT2D eigenvalue weighted by atomic mass is 32.1. The number of hydrogen-bond acceptors (Lipinski definition) is 4. The molecule has 0 fully saturated rings. The van der Waals surface area contributed by atoms with Crippen molar-refractivity contribution in [1.82, 2.24) is 0 Å². The summed E-state index contributed by atoms with van der Waals surface area (Å²) < 4.78 is 12.0. The lowest BCUT2D eigenvalue weighted by Crippen LogP contribution is -1.94. The number of thiophene rings is 1. The summed E-state index contributed by atoms with van der Waals surface area (Å²) in [4.78, 5) is 0. The highest BCUT2D eigenvalue weighted by molar-refractivity contribution is 7.17. The summed E-state index contributed by atoms with van der Waals surface area (Å²) >= 11 is 1.61. The molecule has 20 heavy (non-hydrogen) atoms. The zero-order chi connectivity index (χ0) is 13.9. The van der Waals surface area contributed by atoms with Crippen molar-refractivity contribution in [2.24, 2.45) is 0 Å². The van der Waals surface area contributed by atoms with Crippen LogP contribution in [0, 0.1) is 0 Å². The van der Waals surface area contributed by atoms with Gasteiger partial charge in [-0.2, -0.15) is 0 Å². The minimum absolute atomic E-state index is 0.293. The average Bonchev–Trinajstić information content (AvgIpc) is 2.88. The molecule has 0 unspecified atom stereocenters. The SMILES string of the molecule is COc1ccc(OCc2csc3cc(O)ccc23)cc1. The molecule has 4 heteroatoms. The van der Waals surface area contributed by atoms with Gasteiger partial charge in [0, 0.05) is 10.3 Å². The molecule has 0 atom stereocenters. The van der Waals surface area contributed by atoms with E-state index in [-0.39, 0.29) is 0 Å². The van der Waals surface area contributed by atoms with E-state index in [2.05, 4.69) is 5.38 Å². The molecule has 0 aliphatic carbocycles. The van der Waals surface area contributed by atoms with Gasteiger partial charge in [-0.3, -0.25) is 0 Å². The van der Waals surface area contributed by atoms with Crippen LogP contribution in [-0.4, -0.2) is 12.2 Å². The summed E-state index contributed by atoms with van der Waals surface area (Å²) in [5.74, 6) is 1.92. The number of methoxy groups -OCH3 is 1. The Balaban J connectivity index is 1.76. The molecule has 3 aromatic rings. The molecule has 0 bridgehead atoms. The van der Waals surface area contributed by atoms with Crippen molar-refractivity contribution >= 4 is 21.4 Å². The van der Waals surface area contributed by atoms with Crippen molar-refractivity contribution in [2.75, 3.05) is 7.11 Å². The Morgan fingerprint density at radius 3 is 2.55 bits per heavy atom. The van der Waals surface area contributed by atoms with Gasteiger partial charge < -0.3 is 14.6 Å². The van der Waals surface area contributed by atoms with Crippen LogP contribution in [-0.2, 0) is 6.61 Å². The predicted octanol–water partition coefficient (Wildman–Crippen LogP) is 4.19. The maximum absolute atomic E-state index is 9.46. The van der Waals surface area contributed by atoms with E-state index in [1.165, 1.54) is 0 Å². The molecule has 3 rings (SSSR count). The summed E-state index contributed by atoms with van der Waals surface area (Å²) in [6.07, 6.45) is 0. The number of phenolic OH excluding ortho intramolecular Hbond substituents is 1. The minimum Gasteiger partial charge on any atom is -0.508 e. The van der Waals surface area contributed by atoms with Gasteiger partial charge in [-0.25, -0.2) is 0 Å². The number of benzene rings is 2. The van der Waals surface area contributed by atoms with Gasteiger partial charge in [-0.15, -0.1) is 11.3 Å². The summed E-state index contributed by atoms with van der Waals surface area (Å²) in [6, 6.07) is 12.9. The van der Waals surface area contributed by atoms with Gasteiger partial charge in [0.2, 0.25) is 0 Å². The van der Waals surface area contributed by atoms with Crippen LogP contribution < -0.4 is 9.47 Å². The molecular formula is C16H14O3S. The monoisotopic (exact) mass is 286 g/mol. The van der Waals surface area contributed by atoms with E-state index in [1.54, 1.807) is 30.6 Å². The second-order valence-electron chi connectivity index (χ2n) is 4.41. The molecule has 0 aliphatic rings. The molecule has 2 aromatic carbocycles. The molecular weight excluding hydrogens is 272 g/mol. The maximum Gasteiger partial charge on any atom is 0.120 e. The average molecular weight is 286 g/mol. The highest BCUT2D eigenvalue weighted by Crippen LogP contribution is 2.30. The van der Waals surface area contributed by atoms with Crippen molar-refractivity contribution in [1.29, 1.82) is 0 Å². The molecule has 1 N–H and O–H groups in total. The van der Waals surface area contributed by atoms with Crippen LogP contribution in [0.2, 0.25) is 0 Å². The third-order valence-corrected chi connectivity index (χ3v) is 4.09. The molecule has 0 saturated carbocycles. The molecule has 0 amide bonds. The molecule has 0 saturated heterocycles. The second-order valence-corrected chi connectivity index (χ2v) is 5.32. The summed E-state index contributed by atoms with van der Waals surface area (Å²) in [5, 5.41) is 12.6. The number of rotatable bonds is 4. The van der Waals surface area contributed by atoms with Crippen LogP contribution in [0.1, 0.15) is 5.56 Å². The Labute approximate surface area is 121 Å². The fraction of sp³-hybridized carbons (Fsp3) is 0.125. The predicted molar refractivity (Wildman–Crippen MR) is 80.8 cm³/mol. The number of phenols is 1. The number of fused-ring (bicyclic) bond motifs is 1. The van der Waals surface area contributed by atoms with Crippen LogP contribution in [0.15, 0.2) is 47.8 Å². The third-order valence-electron chi connectivity index (χ3n) is 3.09. The Bertz CT molecular complexity index is 716. The summed E-state index contributed by atoms with van der Waals surface area (Å²) in [6.45, 7) is 0.511. The van der Waals surface area contributed by atoms with E-state index < -0.39 is 0 Å². The number of hydrogen-bond donors (Lipinski definition) is 1. The molecule has 102 valence electrons. The largest absolute Gasteiger partial charge is 0.508 e. The van der Waals surface area contributed by atoms with Crippen molar-refractivity contribution in [2.45, 2.75) is 6.61 Å². The van der Waals surface area contributed by atoms with E-state index in [0.29, 0.717) is 12.4 Å². The Morgan fingerprint density at radius 2 is 1.80 bits per heavy atom. The van der Waals surface area contributed by atoms with Crippen LogP contribution in [0.5, 0.6) is 17.2 Å². The van der Waals surface area contributed by atoms with Crippen molar-refractivity contribution < 1.29 is 14.6 Å². The van der Waals surface area contributed by atoms with Crippen molar-refractivity contribution in [3.63, 3.8) is 0 Å². The van der Waals surface area contributed by atoms with E-state index in [1.807, 2.05) is 30.3 Å². The molecule has 0 spiro atoms. The summed E-state index contributed by atoms with van der Waals surface area (Å²) in [5.41, 5.74) is 1.13. The van der Waals surface area contributed by atoms with Gasteiger partial charge in [-0.05, 0) is 53.2 Å². The lowest BCUT2D eigenvalue weighted by atomic mass is 10.2. The maximum atomic E-state index is 9.46. The normalized spacial score (nSPS) is 10.7. The van der Waals surface area contributed by atoms with Crippen LogP contribution in [0.25, 0.3) is 10.1 Å². The molecule has 3 nitrogen and oxygen atoms in total. The van der Waals surface area contributed by atoms with Gasteiger partial charge in [0.1, 0.15) is 23.9 Å². The zero-order valence-corrected chi connectivity index (χ0v) is 11.8. The fourth-order valence-electron chi connectivity index (χ4n) is 2.02. The second kappa shape index (κ2) is 5.43. The van der Waals surface area contributed by atoms with E-state index in [0.717, 1.165) is 27.1 Å². The fourth-order valence-corrected chi connectivity index (χ4v) is 3.00. The Hall–Kier alpha value is -2.20. The van der Waals surface area contributed by atoms with Gasteiger partial charge in [0.05, 0.1) is 7.11 Å². The van der Waals surface area contributed by atoms with Gasteiger partial charge in [0.15, 0.2) is 0 Å². The van der Waals surface area contributed by atoms with Crippen LogP contribution >= 0.6 is 11.3 Å². The lowest BCUT2D eigenvalue weighted by Gasteiger charge is -2.06. The standard InChI is InChI=1S/C16H14O3S/c1-18-13-3-5-14(6-4-13)19-9-11-10-20-16-8-12(17)2-7-15(11)16/h2-8,10,17H,9H2,1H3. The van der Waals surface area contributed by atoms with Gasteiger partial charge in [-0.1, -0.05) is 0 Å². The Morgan fingerprint density at radius 1 is 1.05 bits per heavy atom. The number of ether oxygens (including phenoxy) is 2. The first kappa shape index (κ1) is 12.8. The number of aromatic hydroxyl groups is 1. The van der Waals surface area contributed by atoms with E-state index in [9.17, 15) is 5.11 Å². The zero-order valence-electron chi connectivity index (χ0n) is 11.0. The van der Waals surface area contributed by atoms with Crippen molar-refractivity contribution in [3.8, 4) is 17.2 Å². The van der Waals surface area contributed by atoms with Crippen LogP contribution in [0.4, 0.5) is 0 Å². The molecule has 1 aromatic heterocycles. The molecule has 0 aliphatic heterocycles. The highest BCUT2D eigenvalue weighted by Gasteiger charge is 2.05. The first-order chi connectivity index (χ1) is 9.76. The Kier molecular flexibility index (Phi) is 3.48. The minimum atomic E-state index is 0.293. The molecule has 1 heterocycles. The smallest absolute Gasteiger partial charge is 0.120 e. The van der Waals surface area contributed by atoms with Gasteiger partial charge in [0.25, 0.3) is 0 Å². The van der Waals surface area contributed by atoms with Gasteiger partial charge >= 0.3 is 0 Å².